The lowest BCUT2D eigenvalue weighted by Gasteiger charge is -2.34. The summed E-state index contributed by atoms with van der Waals surface area (Å²) < 4.78 is 5.54. The molecule has 0 radical (unpaired) electrons. The van der Waals surface area contributed by atoms with Gasteiger partial charge in [0.25, 0.3) is 0 Å². The fourth-order valence-electron chi connectivity index (χ4n) is 1.84. The van der Waals surface area contributed by atoms with E-state index in [0.717, 1.165) is 52.4 Å². The molecule has 0 aliphatic carbocycles. The van der Waals surface area contributed by atoms with E-state index in [-0.39, 0.29) is 24.8 Å². The van der Waals surface area contributed by atoms with Crippen LogP contribution in [0.1, 0.15) is 13.8 Å². The third-order valence-electron chi connectivity index (χ3n) is 2.77. The van der Waals surface area contributed by atoms with Crippen molar-refractivity contribution in [1.82, 2.24) is 9.80 Å². The molecule has 0 spiro atoms. The zero-order valence-electron chi connectivity index (χ0n) is 10.9. The lowest BCUT2D eigenvalue weighted by molar-refractivity contribution is 0.0452. The van der Waals surface area contributed by atoms with Gasteiger partial charge in [-0.2, -0.15) is 0 Å². The maximum Gasteiger partial charge on any atom is 0.0596 e. The van der Waals surface area contributed by atoms with Gasteiger partial charge in [-0.05, 0) is 13.8 Å². The van der Waals surface area contributed by atoms with E-state index in [1.807, 2.05) is 0 Å². The molecule has 1 saturated heterocycles. The fourth-order valence-corrected chi connectivity index (χ4v) is 1.84. The predicted molar refractivity (Wildman–Crippen MR) is 77.5 cm³/mol. The van der Waals surface area contributed by atoms with Crippen LogP contribution in [0.25, 0.3) is 0 Å². The van der Waals surface area contributed by atoms with Crippen LogP contribution >= 0.6 is 24.8 Å². The Kier molecular flexibility index (Phi) is 13.4. The highest BCUT2D eigenvalue weighted by molar-refractivity contribution is 5.85. The van der Waals surface area contributed by atoms with Gasteiger partial charge < -0.3 is 10.5 Å². The lowest BCUT2D eigenvalue weighted by Crippen LogP contribution is -2.48. The first-order chi connectivity index (χ1) is 7.22. The number of nitrogens with zero attached hydrogens (tertiary/aromatic N) is 2. The van der Waals surface area contributed by atoms with Crippen molar-refractivity contribution in [2.24, 2.45) is 5.73 Å². The largest absolute Gasteiger partial charge is 0.377 e. The molecule has 0 aromatic heterocycles. The van der Waals surface area contributed by atoms with Crippen molar-refractivity contribution in [2.45, 2.75) is 20.0 Å². The normalized spacial score (nSPS) is 17.6. The van der Waals surface area contributed by atoms with Crippen LogP contribution in [0.5, 0.6) is 0 Å². The highest BCUT2D eigenvalue weighted by atomic mass is 35.5. The SMILES string of the molecule is CC(C)OCCN1CCN(CCN)CC1.Cl.Cl. The van der Waals surface area contributed by atoms with Gasteiger partial charge >= 0.3 is 0 Å². The molecule has 1 rings (SSSR count). The Bertz CT molecular complexity index is 165. The molecule has 1 heterocycles. The second kappa shape index (κ2) is 11.5. The summed E-state index contributed by atoms with van der Waals surface area (Å²) in [6.07, 6.45) is 0.350. The highest BCUT2D eigenvalue weighted by Crippen LogP contribution is 2.00. The van der Waals surface area contributed by atoms with Crippen LogP contribution in [0.4, 0.5) is 0 Å². The van der Waals surface area contributed by atoms with Crippen LogP contribution in [0.3, 0.4) is 0 Å². The minimum Gasteiger partial charge on any atom is -0.377 e. The Hall–Kier alpha value is 0.420. The molecule has 106 valence electrons. The molecule has 0 atom stereocenters. The molecule has 2 N–H and O–H groups in total. The average Bonchev–Trinajstić information content (AvgIpc) is 2.20. The number of ether oxygens (including phenoxy) is 1. The molecule has 0 bridgehead atoms. The van der Waals surface area contributed by atoms with Gasteiger partial charge in [-0.15, -0.1) is 24.8 Å². The van der Waals surface area contributed by atoms with Crippen LogP contribution in [-0.4, -0.2) is 68.3 Å². The Morgan fingerprint density at radius 1 is 1.00 bits per heavy atom. The summed E-state index contributed by atoms with van der Waals surface area (Å²) in [7, 11) is 0. The van der Waals surface area contributed by atoms with Crippen molar-refractivity contribution in [1.29, 1.82) is 0 Å². The minimum absolute atomic E-state index is 0. The molecule has 17 heavy (non-hydrogen) atoms. The summed E-state index contributed by atoms with van der Waals surface area (Å²) in [5, 5.41) is 0. The molecule has 0 aromatic carbocycles. The summed E-state index contributed by atoms with van der Waals surface area (Å²) >= 11 is 0. The van der Waals surface area contributed by atoms with Gasteiger partial charge in [-0.1, -0.05) is 0 Å². The minimum atomic E-state index is 0. The summed E-state index contributed by atoms with van der Waals surface area (Å²) in [4.78, 5) is 4.90. The van der Waals surface area contributed by atoms with Crippen LogP contribution < -0.4 is 5.73 Å². The molecule has 1 aliphatic heterocycles. The van der Waals surface area contributed by atoms with Crippen molar-refractivity contribution >= 4 is 24.8 Å². The van der Waals surface area contributed by atoms with Crippen molar-refractivity contribution in [2.75, 3.05) is 52.4 Å². The molecule has 6 heteroatoms. The van der Waals surface area contributed by atoms with Gasteiger partial charge in [0, 0.05) is 45.8 Å². The third-order valence-corrected chi connectivity index (χ3v) is 2.77. The monoisotopic (exact) mass is 287 g/mol. The van der Waals surface area contributed by atoms with Crippen molar-refractivity contribution in [3.05, 3.63) is 0 Å². The quantitative estimate of drug-likeness (QED) is 0.786. The molecule has 0 aromatic rings. The highest BCUT2D eigenvalue weighted by Gasteiger charge is 2.15. The second-order valence-corrected chi connectivity index (χ2v) is 4.39. The molecule has 0 saturated carbocycles. The van der Waals surface area contributed by atoms with E-state index in [4.69, 9.17) is 10.5 Å². The second-order valence-electron chi connectivity index (χ2n) is 4.39. The molecular weight excluding hydrogens is 261 g/mol. The van der Waals surface area contributed by atoms with E-state index in [9.17, 15) is 0 Å². The zero-order valence-corrected chi connectivity index (χ0v) is 12.6. The number of nitrogens with two attached hydrogens (primary N) is 1. The first-order valence-corrected chi connectivity index (χ1v) is 5.98. The fraction of sp³-hybridized carbons (Fsp3) is 1.00. The van der Waals surface area contributed by atoms with Crippen molar-refractivity contribution in [3.63, 3.8) is 0 Å². The van der Waals surface area contributed by atoms with E-state index in [1.165, 1.54) is 0 Å². The van der Waals surface area contributed by atoms with Gasteiger partial charge in [-0.25, -0.2) is 0 Å². The topological polar surface area (TPSA) is 41.7 Å². The molecule has 0 unspecified atom stereocenters. The van der Waals surface area contributed by atoms with E-state index < -0.39 is 0 Å². The number of hydrogen-bond acceptors (Lipinski definition) is 4. The molecule has 1 fully saturated rings. The summed E-state index contributed by atoms with van der Waals surface area (Å²) in [5.74, 6) is 0. The Morgan fingerprint density at radius 2 is 1.47 bits per heavy atom. The third kappa shape index (κ3) is 9.05. The van der Waals surface area contributed by atoms with E-state index in [2.05, 4.69) is 23.6 Å². The predicted octanol–water partition coefficient (Wildman–Crippen LogP) is 0.831. The number of halogens is 2. The zero-order chi connectivity index (χ0) is 11.1. The maximum absolute atomic E-state index is 5.54. The summed E-state index contributed by atoms with van der Waals surface area (Å²) in [6, 6.07) is 0. The smallest absolute Gasteiger partial charge is 0.0596 e. The number of hydrogen-bond donors (Lipinski definition) is 1. The van der Waals surface area contributed by atoms with Crippen molar-refractivity contribution < 1.29 is 4.74 Å². The van der Waals surface area contributed by atoms with Crippen LogP contribution in [0, 0.1) is 0 Å². The van der Waals surface area contributed by atoms with Gasteiger partial charge in [0.2, 0.25) is 0 Å². The number of piperazine rings is 1. The summed E-state index contributed by atoms with van der Waals surface area (Å²) in [5.41, 5.74) is 5.53. The maximum atomic E-state index is 5.54. The Morgan fingerprint density at radius 3 is 1.88 bits per heavy atom. The van der Waals surface area contributed by atoms with Crippen LogP contribution in [0.2, 0.25) is 0 Å². The summed E-state index contributed by atoms with van der Waals surface area (Å²) in [6.45, 7) is 12.5. The molecular formula is C11H27Cl2N3O. The van der Waals surface area contributed by atoms with Crippen LogP contribution in [-0.2, 0) is 4.74 Å². The van der Waals surface area contributed by atoms with Gasteiger partial charge in [-0.3, -0.25) is 9.80 Å². The van der Waals surface area contributed by atoms with Gasteiger partial charge in [0.15, 0.2) is 0 Å². The molecule has 0 amide bonds. The van der Waals surface area contributed by atoms with E-state index in [1.54, 1.807) is 0 Å². The van der Waals surface area contributed by atoms with Crippen LogP contribution in [0.15, 0.2) is 0 Å². The molecule has 1 aliphatic rings. The van der Waals surface area contributed by atoms with E-state index >= 15 is 0 Å². The first-order valence-electron chi connectivity index (χ1n) is 5.98. The molecule has 4 nitrogen and oxygen atoms in total. The lowest BCUT2D eigenvalue weighted by atomic mass is 10.3. The van der Waals surface area contributed by atoms with Gasteiger partial charge in [0.05, 0.1) is 12.7 Å². The van der Waals surface area contributed by atoms with Crippen molar-refractivity contribution in [3.8, 4) is 0 Å². The van der Waals surface area contributed by atoms with E-state index in [0.29, 0.717) is 6.10 Å². The van der Waals surface area contributed by atoms with Gasteiger partial charge in [0.1, 0.15) is 0 Å². The first kappa shape index (κ1) is 19.8. The number of rotatable bonds is 6. The average molecular weight is 288 g/mol. The Balaban J connectivity index is 0. The Labute approximate surface area is 118 Å². The standard InChI is InChI=1S/C11H25N3O.2ClH/c1-11(2)15-10-9-14-7-5-13(4-3-12)6-8-14;;/h11H,3-10,12H2,1-2H3;2*1H.